The SMILES string of the molecule is Cc1cc(N)ccc1C(=O)NC(CO)Cc1ccccc1. The van der Waals surface area contributed by atoms with E-state index in [1.807, 2.05) is 37.3 Å². The summed E-state index contributed by atoms with van der Waals surface area (Å²) in [6, 6.07) is 14.6. The molecule has 4 nitrogen and oxygen atoms in total. The number of amides is 1. The molecule has 0 saturated heterocycles. The van der Waals surface area contributed by atoms with E-state index in [0.29, 0.717) is 17.7 Å². The Hall–Kier alpha value is -2.33. The van der Waals surface area contributed by atoms with Crippen LogP contribution in [0.2, 0.25) is 0 Å². The van der Waals surface area contributed by atoms with Crippen LogP contribution in [0.5, 0.6) is 0 Å². The van der Waals surface area contributed by atoms with Crippen LogP contribution in [0, 0.1) is 6.92 Å². The van der Waals surface area contributed by atoms with Gasteiger partial charge in [-0.15, -0.1) is 0 Å². The van der Waals surface area contributed by atoms with Gasteiger partial charge in [0.05, 0.1) is 12.6 Å². The number of nitrogens with one attached hydrogen (secondary N) is 1. The number of carbonyl (C=O) groups excluding carboxylic acids is 1. The second-order valence-electron chi connectivity index (χ2n) is 5.12. The lowest BCUT2D eigenvalue weighted by atomic mass is 10.0. The average Bonchev–Trinajstić information content (AvgIpc) is 2.47. The summed E-state index contributed by atoms with van der Waals surface area (Å²) in [7, 11) is 0. The lowest BCUT2D eigenvalue weighted by Crippen LogP contribution is -2.39. The van der Waals surface area contributed by atoms with E-state index < -0.39 is 0 Å². The number of anilines is 1. The Kier molecular flexibility index (Phi) is 4.95. The Labute approximate surface area is 124 Å². The van der Waals surface area contributed by atoms with E-state index >= 15 is 0 Å². The quantitative estimate of drug-likeness (QED) is 0.734. The van der Waals surface area contributed by atoms with Crippen LogP contribution in [-0.2, 0) is 6.42 Å². The molecule has 0 aromatic heterocycles. The van der Waals surface area contributed by atoms with Crippen molar-refractivity contribution in [3.8, 4) is 0 Å². The van der Waals surface area contributed by atoms with Gasteiger partial charge in [-0.25, -0.2) is 0 Å². The van der Waals surface area contributed by atoms with Crippen molar-refractivity contribution >= 4 is 11.6 Å². The second-order valence-corrected chi connectivity index (χ2v) is 5.12. The molecule has 2 aromatic rings. The Bertz CT molecular complexity index is 611. The lowest BCUT2D eigenvalue weighted by Gasteiger charge is -2.17. The standard InChI is InChI=1S/C17H20N2O2/c1-12-9-14(18)7-8-16(12)17(21)19-15(11-20)10-13-5-3-2-4-6-13/h2-9,15,20H,10-11,18H2,1H3,(H,19,21). The summed E-state index contributed by atoms with van der Waals surface area (Å²) in [4.78, 5) is 12.3. The molecule has 21 heavy (non-hydrogen) atoms. The third-order valence-corrected chi connectivity index (χ3v) is 3.38. The summed E-state index contributed by atoms with van der Waals surface area (Å²) >= 11 is 0. The van der Waals surface area contributed by atoms with Gasteiger partial charge in [0.25, 0.3) is 5.91 Å². The smallest absolute Gasteiger partial charge is 0.251 e. The van der Waals surface area contributed by atoms with E-state index in [0.717, 1.165) is 11.1 Å². The number of benzene rings is 2. The summed E-state index contributed by atoms with van der Waals surface area (Å²) in [5, 5.41) is 12.3. The van der Waals surface area contributed by atoms with Crippen LogP contribution in [0.4, 0.5) is 5.69 Å². The first kappa shape index (κ1) is 15.1. The molecule has 2 aromatic carbocycles. The Morgan fingerprint density at radius 2 is 1.95 bits per heavy atom. The molecular formula is C17H20N2O2. The third-order valence-electron chi connectivity index (χ3n) is 3.38. The number of aryl methyl sites for hydroxylation is 1. The van der Waals surface area contributed by atoms with Crippen molar-refractivity contribution in [2.75, 3.05) is 12.3 Å². The molecule has 1 amide bonds. The molecule has 4 heteroatoms. The van der Waals surface area contributed by atoms with Crippen LogP contribution >= 0.6 is 0 Å². The minimum absolute atomic E-state index is 0.103. The van der Waals surface area contributed by atoms with Gasteiger partial charge in [-0.3, -0.25) is 4.79 Å². The molecule has 1 unspecified atom stereocenters. The predicted molar refractivity (Wildman–Crippen MR) is 84.1 cm³/mol. The van der Waals surface area contributed by atoms with Crippen molar-refractivity contribution in [2.24, 2.45) is 0 Å². The minimum atomic E-state index is -0.308. The zero-order chi connectivity index (χ0) is 15.2. The van der Waals surface area contributed by atoms with Crippen LogP contribution in [0.15, 0.2) is 48.5 Å². The second kappa shape index (κ2) is 6.90. The number of aliphatic hydroxyl groups excluding tert-OH is 1. The molecule has 0 saturated carbocycles. The van der Waals surface area contributed by atoms with Gasteiger partial charge in [0, 0.05) is 11.3 Å². The van der Waals surface area contributed by atoms with Crippen LogP contribution in [0.25, 0.3) is 0 Å². The molecule has 2 rings (SSSR count). The molecule has 4 N–H and O–H groups in total. The van der Waals surface area contributed by atoms with Gasteiger partial charge in [-0.2, -0.15) is 0 Å². The summed E-state index contributed by atoms with van der Waals surface area (Å²) < 4.78 is 0. The number of hydrogen-bond acceptors (Lipinski definition) is 3. The van der Waals surface area contributed by atoms with Crippen molar-refractivity contribution < 1.29 is 9.90 Å². The lowest BCUT2D eigenvalue weighted by molar-refractivity contribution is 0.0916. The van der Waals surface area contributed by atoms with Gasteiger partial charge in [-0.05, 0) is 42.7 Å². The maximum absolute atomic E-state index is 12.3. The molecule has 0 aliphatic rings. The normalized spacial score (nSPS) is 11.9. The molecule has 0 radical (unpaired) electrons. The van der Waals surface area contributed by atoms with E-state index in [4.69, 9.17) is 5.73 Å². The molecule has 0 aliphatic heterocycles. The Morgan fingerprint density at radius 1 is 1.24 bits per heavy atom. The van der Waals surface area contributed by atoms with Gasteiger partial charge in [0.2, 0.25) is 0 Å². The summed E-state index contributed by atoms with van der Waals surface area (Å²) in [5.41, 5.74) is 8.79. The zero-order valence-electron chi connectivity index (χ0n) is 12.0. The summed E-state index contributed by atoms with van der Waals surface area (Å²) in [6.45, 7) is 1.74. The zero-order valence-corrected chi connectivity index (χ0v) is 12.0. The number of carbonyl (C=O) groups is 1. The fourth-order valence-electron chi connectivity index (χ4n) is 2.26. The Morgan fingerprint density at radius 3 is 2.57 bits per heavy atom. The topological polar surface area (TPSA) is 75.4 Å². The minimum Gasteiger partial charge on any atom is -0.399 e. The molecular weight excluding hydrogens is 264 g/mol. The number of hydrogen-bond donors (Lipinski definition) is 3. The number of rotatable bonds is 5. The average molecular weight is 284 g/mol. The van der Waals surface area contributed by atoms with Crippen LogP contribution in [0.3, 0.4) is 0 Å². The van der Waals surface area contributed by atoms with E-state index in [2.05, 4.69) is 5.32 Å². The highest BCUT2D eigenvalue weighted by atomic mass is 16.3. The molecule has 110 valence electrons. The van der Waals surface area contributed by atoms with E-state index in [1.165, 1.54) is 0 Å². The van der Waals surface area contributed by atoms with Crippen molar-refractivity contribution in [3.63, 3.8) is 0 Å². The molecule has 0 fully saturated rings. The van der Waals surface area contributed by atoms with E-state index in [9.17, 15) is 9.90 Å². The van der Waals surface area contributed by atoms with E-state index in [-0.39, 0.29) is 18.6 Å². The number of aliphatic hydroxyl groups is 1. The third kappa shape index (κ3) is 4.07. The van der Waals surface area contributed by atoms with Gasteiger partial charge in [0.1, 0.15) is 0 Å². The first-order valence-electron chi connectivity index (χ1n) is 6.92. The Balaban J connectivity index is 2.06. The van der Waals surface area contributed by atoms with Crippen LogP contribution < -0.4 is 11.1 Å². The summed E-state index contributed by atoms with van der Waals surface area (Å²) in [5.74, 6) is -0.192. The van der Waals surface area contributed by atoms with Crippen molar-refractivity contribution in [3.05, 3.63) is 65.2 Å². The first-order valence-corrected chi connectivity index (χ1v) is 6.92. The molecule has 0 heterocycles. The molecule has 0 aliphatic carbocycles. The maximum atomic E-state index is 12.3. The molecule has 1 atom stereocenters. The molecule has 0 bridgehead atoms. The predicted octanol–water partition coefficient (Wildman–Crippen LogP) is 1.91. The van der Waals surface area contributed by atoms with Gasteiger partial charge in [-0.1, -0.05) is 30.3 Å². The van der Waals surface area contributed by atoms with Crippen LogP contribution in [-0.4, -0.2) is 23.7 Å². The highest BCUT2D eigenvalue weighted by Crippen LogP contribution is 2.13. The van der Waals surface area contributed by atoms with Crippen molar-refractivity contribution in [1.82, 2.24) is 5.32 Å². The van der Waals surface area contributed by atoms with Crippen LogP contribution in [0.1, 0.15) is 21.5 Å². The first-order chi connectivity index (χ1) is 10.1. The van der Waals surface area contributed by atoms with E-state index in [1.54, 1.807) is 18.2 Å². The number of nitrogen functional groups attached to an aromatic ring is 1. The van der Waals surface area contributed by atoms with Gasteiger partial charge in [0.15, 0.2) is 0 Å². The van der Waals surface area contributed by atoms with Crippen molar-refractivity contribution in [2.45, 2.75) is 19.4 Å². The monoisotopic (exact) mass is 284 g/mol. The fourth-order valence-corrected chi connectivity index (χ4v) is 2.26. The van der Waals surface area contributed by atoms with Crippen molar-refractivity contribution in [1.29, 1.82) is 0 Å². The maximum Gasteiger partial charge on any atom is 0.251 e. The number of nitrogens with two attached hydrogens (primary N) is 1. The molecule has 0 spiro atoms. The van der Waals surface area contributed by atoms with Gasteiger partial charge < -0.3 is 16.2 Å². The highest BCUT2D eigenvalue weighted by Gasteiger charge is 2.15. The highest BCUT2D eigenvalue weighted by molar-refractivity contribution is 5.96. The van der Waals surface area contributed by atoms with Gasteiger partial charge >= 0.3 is 0 Å². The summed E-state index contributed by atoms with van der Waals surface area (Å²) in [6.07, 6.45) is 0.594. The largest absolute Gasteiger partial charge is 0.399 e. The fraction of sp³-hybridized carbons (Fsp3) is 0.235.